The summed E-state index contributed by atoms with van der Waals surface area (Å²) in [7, 11) is 1.75. The lowest BCUT2D eigenvalue weighted by Crippen LogP contribution is -1.99. The number of hydrogen-bond donors (Lipinski definition) is 1. The van der Waals surface area contributed by atoms with Crippen molar-refractivity contribution in [3.8, 4) is 11.3 Å². The number of aryl methyl sites for hydroxylation is 1. The van der Waals surface area contributed by atoms with Gasteiger partial charge in [-0.05, 0) is 24.6 Å². The Labute approximate surface area is 110 Å². The smallest absolute Gasteiger partial charge is 0.132 e. The van der Waals surface area contributed by atoms with Crippen molar-refractivity contribution in [2.75, 3.05) is 5.73 Å². The summed E-state index contributed by atoms with van der Waals surface area (Å²) in [5.41, 5.74) is 7.82. The number of rotatable bonds is 3. The molecule has 0 unspecified atom stereocenters. The van der Waals surface area contributed by atoms with E-state index in [2.05, 4.69) is 5.10 Å². The molecule has 2 rings (SSSR count). The first-order valence-electron chi connectivity index (χ1n) is 5.81. The molecule has 1 heterocycles. The Balaban J connectivity index is 2.63. The summed E-state index contributed by atoms with van der Waals surface area (Å²) in [5, 5.41) is 4.78. The second-order valence-electron chi connectivity index (χ2n) is 4.21. The monoisotopic (exact) mass is 267 g/mol. The zero-order chi connectivity index (χ0) is 13.3. The molecule has 0 aliphatic carbocycles. The van der Waals surface area contributed by atoms with Crippen LogP contribution < -0.4 is 5.73 Å². The quantitative estimate of drug-likeness (QED) is 0.926. The predicted molar refractivity (Wildman–Crippen MR) is 72.0 cm³/mol. The van der Waals surface area contributed by atoms with Gasteiger partial charge >= 0.3 is 0 Å². The van der Waals surface area contributed by atoms with E-state index in [1.807, 2.05) is 6.92 Å². The zero-order valence-corrected chi connectivity index (χ0v) is 11.1. The van der Waals surface area contributed by atoms with Crippen molar-refractivity contribution in [2.24, 2.45) is 7.05 Å². The van der Waals surface area contributed by atoms with Gasteiger partial charge in [-0.2, -0.15) is 5.10 Å². The molecular formula is C13H15ClFN3. The minimum Gasteiger partial charge on any atom is -0.384 e. The van der Waals surface area contributed by atoms with Gasteiger partial charge in [0, 0.05) is 23.2 Å². The Bertz CT molecular complexity index is 578. The van der Waals surface area contributed by atoms with Crippen LogP contribution in [0.25, 0.3) is 11.3 Å². The molecule has 0 bridgehead atoms. The average Bonchev–Trinajstić information content (AvgIpc) is 2.61. The van der Waals surface area contributed by atoms with E-state index in [-0.39, 0.29) is 5.82 Å². The van der Waals surface area contributed by atoms with Gasteiger partial charge in [0.15, 0.2) is 0 Å². The van der Waals surface area contributed by atoms with Gasteiger partial charge in [0.05, 0.1) is 0 Å². The molecule has 0 saturated heterocycles. The van der Waals surface area contributed by atoms with Gasteiger partial charge < -0.3 is 5.73 Å². The molecule has 2 aromatic rings. The summed E-state index contributed by atoms with van der Waals surface area (Å²) >= 11 is 5.91. The van der Waals surface area contributed by atoms with Gasteiger partial charge in [-0.25, -0.2) is 4.39 Å². The number of nitrogens with two attached hydrogens (primary N) is 1. The minimum absolute atomic E-state index is 0.338. The number of nitrogens with zero attached hydrogens (tertiary/aromatic N) is 2. The maximum Gasteiger partial charge on any atom is 0.132 e. The third kappa shape index (κ3) is 2.20. The van der Waals surface area contributed by atoms with Crippen LogP contribution in [0.4, 0.5) is 10.2 Å². The van der Waals surface area contributed by atoms with E-state index >= 15 is 0 Å². The van der Waals surface area contributed by atoms with E-state index in [0.717, 1.165) is 18.4 Å². The number of benzene rings is 1. The molecular weight excluding hydrogens is 253 g/mol. The van der Waals surface area contributed by atoms with Crippen molar-refractivity contribution in [1.82, 2.24) is 9.78 Å². The third-order valence-corrected chi connectivity index (χ3v) is 3.11. The Morgan fingerprint density at radius 2 is 2.17 bits per heavy atom. The van der Waals surface area contributed by atoms with Gasteiger partial charge in [0.2, 0.25) is 0 Å². The largest absolute Gasteiger partial charge is 0.384 e. The second-order valence-corrected chi connectivity index (χ2v) is 4.65. The molecule has 0 atom stereocenters. The SMILES string of the molecule is CCCc1c(-c2cc(Cl)ccc2F)nn(C)c1N. The number of nitrogen functional groups attached to an aromatic ring is 1. The van der Waals surface area contributed by atoms with E-state index in [1.54, 1.807) is 17.8 Å². The van der Waals surface area contributed by atoms with Crippen molar-refractivity contribution in [1.29, 1.82) is 0 Å². The molecule has 0 saturated carbocycles. The highest BCUT2D eigenvalue weighted by Gasteiger charge is 2.17. The maximum absolute atomic E-state index is 13.9. The summed E-state index contributed by atoms with van der Waals surface area (Å²) in [6.07, 6.45) is 1.69. The molecule has 3 nitrogen and oxygen atoms in total. The van der Waals surface area contributed by atoms with Crippen LogP contribution in [0.1, 0.15) is 18.9 Å². The number of aromatic nitrogens is 2. The molecule has 1 aromatic carbocycles. The average molecular weight is 268 g/mol. The molecule has 2 N–H and O–H groups in total. The first kappa shape index (κ1) is 12.9. The molecule has 0 aliphatic heterocycles. The van der Waals surface area contributed by atoms with Crippen molar-refractivity contribution < 1.29 is 4.39 Å². The lowest BCUT2D eigenvalue weighted by atomic mass is 10.0. The van der Waals surface area contributed by atoms with Crippen LogP contribution in [0.5, 0.6) is 0 Å². The highest BCUT2D eigenvalue weighted by Crippen LogP contribution is 2.31. The van der Waals surface area contributed by atoms with Gasteiger partial charge in [-0.3, -0.25) is 4.68 Å². The molecule has 0 fully saturated rings. The maximum atomic E-state index is 13.9. The van der Waals surface area contributed by atoms with Crippen LogP contribution in [-0.2, 0) is 13.5 Å². The highest BCUT2D eigenvalue weighted by atomic mass is 35.5. The molecule has 0 amide bonds. The fourth-order valence-corrected chi connectivity index (χ4v) is 2.14. The van der Waals surface area contributed by atoms with E-state index in [4.69, 9.17) is 17.3 Å². The first-order valence-corrected chi connectivity index (χ1v) is 6.19. The lowest BCUT2D eigenvalue weighted by molar-refractivity contribution is 0.629. The molecule has 5 heteroatoms. The van der Waals surface area contributed by atoms with Gasteiger partial charge in [-0.15, -0.1) is 0 Å². The van der Waals surface area contributed by atoms with E-state index in [0.29, 0.717) is 22.1 Å². The van der Waals surface area contributed by atoms with Crippen LogP contribution in [0, 0.1) is 5.82 Å². The Morgan fingerprint density at radius 1 is 1.44 bits per heavy atom. The van der Waals surface area contributed by atoms with E-state index in [1.165, 1.54) is 12.1 Å². The van der Waals surface area contributed by atoms with Crippen LogP contribution >= 0.6 is 11.6 Å². The first-order chi connectivity index (χ1) is 8.54. The number of halogens is 2. The standard InChI is InChI=1S/C13H15ClFN3/c1-3-4-9-12(17-18(2)13(9)16)10-7-8(14)5-6-11(10)15/h5-7H,3-4,16H2,1-2H3. The van der Waals surface area contributed by atoms with Crippen LogP contribution in [-0.4, -0.2) is 9.78 Å². The molecule has 0 aliphatic rings. The van der Waals surface area contributed by atoms with Crippen molar-refractivity contribution in [3.63, 3.8) is 0 Å². The normalized spacial score (nSPS) is 10.9. The molecule has 18 heavy (non-hydrogen) atoms. The van der Waals surface area contributed by atoms with E-state index < -0.39 is 0 Å². The van der Waals surface area contributed by atoms with Crippen molar-refractivity contribution in [2.45, 2.75) is 19.8 Å². The summed E-state index contributed by atoms with van der Waals surface area (Å²) < 4.78 is 15.4. The van der Waals surface area contributed by atoms with Gasteiger partial charge in [-0.1, -0.05) is 24.9 Å². The summed E-state index contributed by atoms with van der Waals surface area (Å²) in [6.45, 7) is 2.05. The zero-order valence-electron chi connectivity index (χ0n) is 10.4. The second kappa shape index (κ2) is 4.98. The Hall–Kier alpha value is -1.55. The molecule has 1 aromatic heterocycles. The topological polar surface area (TPSA) is 43.8 Å². The van der Waals surface area contributed by atoms with E-state index in [9.17, 15) is 4.39 Å². The predicted octanol–water partition coefficient (Wildman–Crippen LogP) is 3.41. The summed E-state index contributed by atoms with van der Waals surface area (Å²) in [5.74, 6) is 0.237. The van der Waals surface area contributed by atoms with Crippen LogP contribution in [0.3, 0.4) is 0 Å². The number of anilines is 1. The minimum atomic E-state index is -0.338. The third-order valence-electron chi connectivity index (χ3n) is 2.88. The highest BCUT2D eigenvalue weighted by molar-refractivity contribution is 6.30. The van der Waals surface area contributed by atoms with Crippen molar-refractivity contribution in [3.05, 3.63) is 34.6 Å². The van der Waals surface area contributed by atoms with Crippen LogP contribution in [0.15, 0.2) is 18.2 Å². The van der Waals surface area contributed by atoms with Gasteiger partial charge in [0.1, 0.15) is 17.3 Å². The van der Waals surface area contributed by atoms with Gasteiger partial charge in [0.25, 0.3) is 0 Å². The number of hydrogen-bond acceptors (Lipinski definition) is 2. The summed E-state index contributed by atoms with van der Waals surface area (Å²) in [4.78, 5) is 0. The molecule has 0 spiro atoms. The lowest BCUT2D eigenvalue weighted by Gasteiger charge is -2.04. The molecule has 0 radical (unpaired) electrons. The Kier molecular flexibility index (Phi) is 3.57. The van der Waals surface area contributed by atoms with Crippen LogP contribution in [0.2, 0.25) is 5.02 Å². The van der Waals surface area contributed by atoms with Crippen molar-refractivity contribution >= 4 is 17.4 Å². The summed E-state index contributed by atoms with van der Waals surface area (Å²) in [6, 6.07) is 4.45. The fourth-order valence-electron chi connectivity index (χ4n) is 1.97. The fraction of sp³-hybridized carbons (Fsp3) is 0.308. The Morgan fingerprint density at radius 3 is 2.83 bits per heavy atom. The molecule has 96 valence electrons.